The second-order valence-electron chi connectivity index (χ2n) is 4.66. The number of hydrogen-bond acceptors (Lipinski definition) is 4. The number of rotatable bonds is 7. The summed E-state index contributed by atoms with van der Waals surface area (Å²) in [5.74, 6) is 0.530. The fourth-order valence-electron chi connectivity index (χ4n) is 2.06. The number of sulfonamides is 1. The summed E-state index contributed by atoms with van der Waals surface area (Å²) in [6.45, 7) is 2.98. The quantitative estimate of drug-likeness (QED) is 0.671. The van der Waals surface area contributed by atoms with Gasteiger partial charge in [-0.05, 0) is 38.3 Å². The minimum atomic E-state index is -3.10. The van der Waals surface area contributed by atoms with Crippen LogP contribution in [0.2, 0.25) is 0 Å². The first-order valence-corrected chi connectivity index (χ1v) is 7.81. The molecule has 1 aliphatic heterocycles. The molecule has 17 heavy (non-hydrogen) atoms. The fourth-order valence-corrected chi connectivity index (χ4v) is 3.60. The van der Waals surface area contributed by atoms with Crippen molar-refractivity contribution in [2.45, 2.75) is 19.3 Å². The van der Waals surface area contributed by atoms with Gasteiger partial charge in [0.1, 0.15) is 0 Å². The molecular formula is C11H24N2O3S. The van der Waals surface area contributed by atoms with Crippen molar-refractivity contribution in [3.8, 4) is 0 Å². The molecule has 1 saturated heterocycles. The van der Waals surface area contributed by atoms with E-state index >= 15 is 0 Å². The summed E-state index contributed by atoms with van der Waals surface area (Å²) < 4.78 is 30.5. The van der Waals surface area contributed by atoms with E-state index in [1.165, 1.54) is 4.31 Å². The van der Waals surface area contributed by atoms with Crippen LogP contribution in [0.1, 0.15) is 19.3 Å². The Bertz CT molecular complexity index is 300. The molecular weight excluding hydrogens is 240 g/mol. The maximum absolute atomic E-state index is 12.1. The van der Waals surface area contributed by atoms with Gasteiger partial charge in [0, 0.05) is 27.3 Å². The molecule has 1 rings (SSSR count). The number of hydrogen-bond donors (Lipinski definition) is 1. The Morgan fingerprint density at radius 3 is 2.82 bits per heavy atom. The number of methoxy groups -OCH3 is 1. The van der Waals surface area contributed by atoms with Gasteiger partial charge in [-0.3, -0.25) is 0 Å². The van der Waals surface area contributed by atoms with Gasteiger partial charge in [-0.2, -0.15) is 0 Å². The Labute approximate surface area is 105 Å². The minimum absolute atomic E-state index is 0.263. The third kappa shape index (κ3) is 5.33. The second kappa shape index (κ2) is 7.31. The average Bonchev–Trinajstić information content (AvgIpc) is 2.30. The highest BCUT2D eigenvalue weighted by molar-refractivity contribution is 7.89. The first-order valence-electron chi connectivity index (χ1n) is 6.20. The summed E-state index contributed by atoms with van der Waals surface area (Å²) in [4.78, 5) is 0. The molecule has 1 unspecified atom stereocenters. The molecule has 5 nitrogen and oxygen atoms in total. The van der Waals surface area contributed by atoms with Gasteiger partial charge in [0.2, 0.25) is 10.0 Å². The van der Waals surface area contributed by atoms with Crippen LogP contribution in [-0.2, 0) is 14.8 Å². The van der Waals surface area contributed by atoms with E-state index in [2.05, 4.69) is 5.32 Å². The van der Waals surface area contributed by atoms with Gasteiger partial charge >= 0.3 is 0 Å². The van der Waals surface area contributed by atoms with Crippen molar-refractivity contribution < 1.29 is 13.2 Å². The van der Waals surface area contributed by atoms with Crippen LogP contribution in [0.5, 0.6) is 0 Å². The molecule has 0 aromatic heterocycles. The predicted octanol–water partition coefficient (Wildman–Crippen LogP) is 0.284. The number of nitrogens with zero attached hydrogens (tertiary/aromatic N) is 1. The third-order valence-electron chi connectivity index (χ3n) is 3.14. The van der Waals surface area contributed by atoms with E-state index in [0.29, 0.717) is 13.2 Å². The minimum Gasteiger partial charge on any atom is -0.385 e. The van der Waals surface area contributed by atoms with Crippen molar-refractivity contribution in [2.24, 2.45) is 5.92 Å². The highest BCUT2D eigenvalue weighted by Crippen LogP contribution is 2.14. The molecule has 0 aromatic carbocycles. The molecule has 1 aliphatic rings. The molecule has 0 amide bonds. The maximum Gasteiger partial charge on any atom is 0.214 e. The third-order valence-corrected chi connectivity index (χ3v) is 5.17. The van der Waals surface area contributed by atoms with Gasteiger partial charge in [0.05, 0.1) is 5.75 Å². The zero-order chi connectivity index (χ0) is 12.7. The van der Waals surface area contributed by atoms with Gasteiger partial charge in [-0.15, -0.1) is 0 Å². The Morgan fingerprint density at radius 1 is 1.47 bits per heavy atom. The fraction of sp³-hybridized carbons (Fsp3) is 1.00. The summed E-state index contributed by atoms with van der Waals surface area (Å²) in [6, 6.07) is 0. The van der Waals surface area contributed by atoms with Crippen LogP contribution < -0.4 is 5.32 Å². The Hall–Kier alpha value is -0.170. The van der Waals surface area contributed by atoms with Crippen LogP contribution in [0.25, 0.3) is 0 Å². The summed E-state index contributed by atoms with van der Waals surface area (Å²) in [5.41, 5.74) is 0. The first kappa shape index (κ1) is 14.9. The summed E-state index contributed by atoms with van der Waals surface area (Å²) in [7, 11) is 0.179. The molecule has 1 atom stereocenters. The maximum atomic E-state index is 12.1. The summed E-state index contributed by atoms with van der Waals surface area (Å²) in [6.07, 6.45) is 2.83. The van der Waals surface area contributed by atoms with E-state index in [-0.39, 0.29) is 11.7 Å². The number of nitrogens with one attached hydrogen (secondary N) is 1. The normalized spacial score (nSPS) is 21.9. The van der Waals surface area contributed by atoms with Gasteiger partial charge in [-0.1, -0.05) is 0 Å². The zero-order valence-electron chi connectivity index (χ0n) is 10.8. The van der Waals surface area contributed by atoms with Crippen molar-refractivity contribution in [3.63, 3.8) is 0 Å². The molecule has 0 aliphatic carbocycles. The molecule has 0 spiro atoms. The van der Waals surface area contributed by atoms with Gasteiger partial charge in [-0.25, -0.2) is 12.7 Å². The van der Waals surface area contributed by atoms with E-state index in [9.17, 15) is 8.42 Å². The lowest BCUT2D eigenvalue weighted by Gasteiger charge is -2.25. The van der Waals surface area contributed by atoms with Gasteiger partial charge in [0.15, 0.2) is 0 Å². The molecule has 1 N–H and O–H groups in total. The largest absolute Gasteiger partial charge is 0.385 e. The van der Waals surface area contributed by atoms with E-state index in [4.69, 9.17) is 4.74 Å². The predicted molar refractivity (Wildman–Crippen MR) is 68.5 cm³/mol. The van der Waals surface area contributed by atoms with Crippen LogP contribution in [0, 0.1) is 5.92 Å². The van der Waals surface area contributed by atoms with Crippen LogP contribution in [-0.4, -0.2) is 58.9 Å². The van der Waals surface area contributed by atoms with E-state index < -0.39 is 10.0 Å². The molecule has 0 aromatic rings. The Kier molecular flexibility index (Phi) is 6.40. The van der Waals surface area contributed by atoms with Gasteiger partial charge in [0.25, 0.3) is 0 Å². The monoisotopic (exact) mass is 264 g/mol. The van der Waals surface area contributed by atoms with Crippen LogP contribution in [0.15, 0.2) is 0 Å². The summed E-state index contributed by atoms with van der Waals surface area (Å²) >= 11 is 0. The van der Waals surface area contributed by atoms with Crippen molar-refractivity contribution in [2.75, 3.05) is 46.2 Å². The highest BCUT2D eigenvalue weighted by atomic mass is 32.2. The molecule has 0 radical (unpaired) electrons. The second-order valence-corrected chi connectivity index (χ2v) is 6.78. The standard InChI is InChI=1S/C11H24N2O3S/c1-13(7-4-8-16-2)17(14,15)10-11-5-3-6-12-9-11/h11-12H,3-10H2,1-2H3. The molecule has 1 fully saturated rings. The zero-order valence-corrected chi connectivity index (χ0v) is 11.6. The smallest absolute Gasteiger partial charge is 0.214 e. The lowest BCUT2D eigenvalue weighted by molar-refractivity contribution is 0.189. The summed E-state index contributed by atoms with van der Waals surface area (Å²) in [5, 5.41) is 3.25. The topological polar surface area (TPSA) is 58.6 Å². The lowest BCUT2D eigenvalue weighted by Crippen LogP contribution is -2.38. The number of ether oxygens (including phenoxy) is 1. The molecule has 0 bridgehead atoms. The average molecular weight is 264 g/mol. The number of piperidine rings is 1. The van der Waals surface area contributed by atoms with E-state index in [0.717, 1.165) is 32.4 Å². The van der Waals surface area contributed by atoms with Gasteiger partial charge < -0.3 is 10.1 Å². The Balaban J connectivity index is 2.37. The molecule has 0 saturated carbocycles. The SMILES string of the molecule is COCCCN(C)S(=O)(=O)CC1CCCNC1. The highest BCUT2D eigenvalue weighted by Gasteiger charge is 2.24. The van der Waals surface area contributed by atoms with Crippen LogP contribution in [0.4, 0.5) is 0 Å². The van der Waals surface area contributed by atoms with Crippen molar-refractivity contribution in [1.29, 1.82) is 0 Å². The molecule has 102 valence electrons. The van der Waals surface area contributed by atoms with E-state index in [1.54, 1.807) is 14.2 Å². The van der Waals surface area contributed by atoms with Crippen molar-refractivity contribution in [3.05, 3.63) is 0 Å². The lowest BCUT2D eigenvalue weighted by atomic mass is 10.0. The van der Waals surface area contributed by atoms with Crippen molar-refractivity contribution >= 4 is 10.0 Å². The van der Waals surface area contributed by atoms with Crippen molar-refractivity contribution in [1.82, 2.24) is 9.62 Å². The van der Waals surface area contributed by atoms with Crippen LogP contribution in [0.3, 0.4) is 0 Å². The molecule has 1 heterocycles. The Morgan fingerprint density at radius 2 is 2.24 bits per heavy atom. The van der Waals surface area contributed by atoms with Crippen LogP contribution >= 0.6 is 0 Å². The molecule has 6 heteroatoms. The first-order chi connectivity index (χ1) is 8.06. The van der Waals surface area contributed by atoms with E-state index in [1.807, 2.05) is 0 Å².